The standard InChI is InChI=1S/C14H9ClN4O2S/c15-10-5-12-13(8-18-14(12)17-7-10)22(20,21)19-11-3-1-9(6-16)2-4-11/h1-5,7-8,19H,(H,17,18). The molecule has 0 saturated heterocycles. The lowest BCUT2D eigenvalue weighted by Gasteiger charge is -2.07. The molecule has 1 aromatic carbocycles. The van der Waals surface area contributed by atoms with E-state index in [1.54, 1.807) is 0 Å². The fourth-order valence-corrected chi connectivity index (χ4v) is 3.37. The number of aromatic nitrogens is 2. The van der Waals surface area contributed by atoms with Gasteiger partial charge in [0, 0.05) is 23.5 Å². The summed E-state index contributed by atoms with van der Waals surface area (Å²) in [6.45, 7) is 0. The van der Waals surface area contributed by atoms with Crippen molar-refractivity contribution in [2.24, 2.45) is 0 Å². The van der Waals surface area contributed by atoms with Crippen LogP contribution in [0.2, 0.25) is 5.02 Å². The Labute approximate surface area is 131 Å². The zero-order valence-electron chi connectivity index (χ0n) is 11.0. The van der Waals surface area contributed by atoms with Crippen LogP contribution in [-0.4, -0.2) is 18.4 Å². The fraction of sp³-hybridized carbons (Fsp3) is 0. The molecule has 0 bridgehead atoms. The molecule has 0 aliphatic rings. The number of H-pyrrole nitrogens is 1. The Bertz CT molecular complexity index is 988. The van der Waals surface area contributed by atoms with E-state index in [4.69, 9.17) is 16.9 Å². The number of aromatic amines is 1. The number of nitrogens with zero attached hydrogens (tertiary/aromatic N) is 2. The summed E-state index contributed by atoms with van der Waals surface area (Å²) in [5, 5.41) is 9.50. The third-order valence-corrected chi connectivity index (χ3v) is 4.64. The molecular formula is C14H9ClN4O2S. The lowest BCUT2D eigenvalue weighted by molar-refractivity contribution is 0.602. The van der Waals surface area contributed by atoms with Crippen molar-refractivity contribution >= 4 is 38.3 Å². The average molecular weight is 333 g/mol. The van der Waals surface area contributed by atoms with Crippen LogP contribution in [0.5, 0.6) is 0 Å². The molecule has 2 heterocycles. The highest BCUT2D eigenvalue weighted by Crippen LogP contribution is 2.25. The summed E-state index contributed by atoms with van der Waals surface area (Å²) < 4.78 is 27.4. The van der Waals surface area contributed by atoms with Crippen LogP contribution in [0.3, 0.4) is 0 Å². The molecule has 0 atom stereocenters. The second-order valence-corrected chi connectivity index (χ2v) is 6.58. The maximum absolute atomic E-state index is 12.5. The molecule has 2 N–H and O–H groups in total. The monoisotopic (exact) mass is 332 g/mol. The number of pyridine rings is 1. The number of sulfonamides is 1. The summed E-state index contributed by atoms with van der Waals surface area (Å²) in [7, 11) is -3.80. The molecule has 0 spiro atoms. The molecule has 0 saturated carbocycles. The number of nitriles is 1. The van der Waals surface area contributed by atoms with E-state index < -0.39 is 10.0 Å². The summed E-state index contributed by atoms with van der Waals surface area (Å²) in [6, 6.07) is 9.62. The van der Waals surface area contributed by atoms with Crippen molar-refractivity contribution < 1.29 is 8.42 Å². The van der Waals surface area contributed by atoms with Crippen LogP contribution in [0, 0.1) is 11.3 Å². The molecule has 0 radical (unpaired) electrons. The van der Waals surface area contributed by atoms with Crippen LogP contribution in [0.25, 0.3) is 11.0 Å². The Balaban J connectivity index is 2.01. The summed E-state index contributed by atoms with van der Waals surface area (Å²) in [5.74, 6) is 0. The molecule has 110 valence electrons. The quantitative estimate of drug-likeness (QED) is 0.770. The Hall–Kier alpha value is -2.56. The van der Waals surface area contributed by atoms with Crippen molar-refractivity contribution in [2.45, 2.75) is 4.90 Å². The van der Waals surface area contributed by atoms with Crippen molar-refractivity contribution in [2.75, 3.05) is 4.72 Å². The van der Waals surface area contributed by atoms with Gasteiger partial charge in [-0.2, -0.15) is 5.26 Å². The summed E-state index contributed by atoms with van der Waals surface area (Å²) >= 11 is 5.87. The van der Waals surface area contributed by atoms with Gasteiger partial charge in [-0.15, -0.1) is 0 Å². The van der Waals surface area contributed by atoms with Gasteiger partial charge in [-0.25, -0.2) is 13.4 Å². The number of hydrogen-bond acceptors (Lipinski definition) is 4. The van der Waals surface area contributed by atoms with Crippen LogP contribution in [0.1, 0.15) is 5.56 Å². The predicted molar refractivity (Wildman–Crippen MR) is 83.1 cm³/mol. The average Bonchev–Trinajstić information content (AvgIpc) is 2.91. The van der Waals surface area contributed by atoms with Gasteiger partial charge in [-0.3, -0.25) is 4.72 Å². The SMILES string of the molecule is N#Cc1ccc(NS(=O)(=O)c2c[nH]c3ncc(Cl)cc23)cc1. The maximum atomic E-state index is 12.5. The minimum absolute atomic E-state index is 0.0573. The van der Waals surface area contributed by atoms with Crippen molar-refractivity contribution in [3.05, 3.63) is 53.3 Å². The first-order valence-corrected chi connectivity index (χ1v) is 8.01. The molecule has 3 aromatic rings. The number of nitrogens with one attached hydrogen (secondary N) is 2. The fourth-order valence-electron chi connectivity index (χ4n) is 2.00. The molecule has 0 amide bonds. The van der Waals surface area contributed by atoms with E-state index in [1.807, 2.05) is 6.07 Å². The first-order chi connectivity index (χ1) is 10.5. The van der Waals surface area contributed by atoms with E-state index in [1.165, 1.54) is 42.7 Å². The molecule has 0 aliphatic heterocycles. The number of anilines is 1. The summed E-state index contributed by atoms with van der Waals surface area (Å²) in [5.41, 5.74) is 1.25. The Morgan fingerprint density at radius 3 is 2.68 bits per heavy atom. The highest BCUT2D eigenvalue weighted by Gasteiger charge is 2.20. The van der Waals surface area contributed by atoms with E-state index >= 15 is 0 Å². The molecule has 22 heavy (non-hydrogen) atoms. The third kappa shape index (κ3) is 2.62. The van der Waals surface area contributed by atoms with E-state index in [9.17, 15) is 8.42 Å². The van der Waals surface area contributed by atoms with Crippen molar-refractivity contribution in [3.8, 4) is 6.07 Å². The van der Waals surface area contributed by atoms with Gasteiger partial charge < -0.3 is 4.98 Å². The van der Waals surface area contributed by atoms with Gasteiger partial charge >= 0.3 is 0 Å². The minimum Gasteiger partial charge on any atom is -0.345 e. The van der Waals surface area contributed by atoms with E-state index in [-0.39, 0.29) is 4.90 Å². The Morgan fingerprint density at radius 1 is 1.27 bits per heavy atom. The highest BCUT2D eigenvalue weighted by atomic mass is 35.5. The zero-order chi connectivity index (χ0) is 15.7. The molecular weight excluding hydrogens is 324 g/mol. The molecule has 3 rings (SSSR count). The zero-order valence-corrected chi connectivity index (χ0v) is 12.6. The van der Waals surface area contributed by atoms with Crippen molar-refractivity contribution in [3.63, 3.8) is 0 Å². The lowest BCUT2D eigenvalue weighted by Crippen LogP contribution is -2.12. The van der Waals surface area contributed by atoms with Gasteiger partial charge in [0.25, 0.3) is 10.0 Å². The molecule has 8 heteroatoms. The van der Waals surface area contributed by atoms with Gasteiger partial charge in [0.15, 0.2) is 0 Å². The Kier molecular flexibility index (Phi) is 3.48. The first kappa shape index (κ1) is 14.4. The number of hydrogen-bond donors (Lipinski definition) is 2. The number of rotatable bonds is 3. The lowest BCUT2D eigenvalue weighted by atomic mass is 10.2. The van der Waals surface area contributed by atoms with Crippen molar-refractivity contribution in [1.29, 1.82) is 5.26 Å². The molecule has 6 nitrogen and oxygen atoms in total. The molecule has 0 unspecified atom stereocenters. The van der Waals surface area contributed by atoms with Gasteiger partial charge in [0.05, 0.1) is 16.7 Å². The smallest absolute Gasteiger partial charge is 0.264 e. The van der Waals surface area contributed by atoms with Crippen LogP contribution < -0.4 is 4.72 Å². The third-order valence-electron chi connectivity index (χ3n) is 3.02. The van der Waals surface area contributed by atoms with Gasteiger partial charge in [-0.1, -0.05) is 11.6 Å². The number of halogens is 1. The normalized spacial score (nSPS) is 11.3. The first-order valence-electron chi connectivity index (χ1n) is 6.15. The van der Waals surface area contributed by atoms with Crippen LogP contribution in [0.4, 0.5) is 5.69 Å². The van der Waals surface area contributed by atoms with Gasteiger partial charge in [0.1, 0.15) is 10.5 Å². The van der Waals surface area contributed by atoms with Gasteiger partial charge in [-0.05, 0) is 30.3 Å². The summed E-state index contributed by atoms with van der Waals surface area (Å²) in [6.07, 6.45) is 2.80. The van der Waals surface area contributed by atoms with E-state index in [0.29, 0.717) is 27.3 Å². The second-order valence-electron chi connectivity index (χ2n) is 4.50. The predicted octanol–water partition coefficient (Wildman–Crippen LogP) is 2.89. The molecule has 0 fully saturated rings. The highest BCUT2D eigenvalue weighted by molar-refractivity contribution is 7.93. The largest absolute Gasteiger partial charge is 0.345 e. The topological polar surface area (TPSA) is 98.6 Å². The minimum atomic E-state index is -3.80. The van der Waals surface area contributed by atoms with Crippen LogP contribution in [0.15, 0.2) is 47.6 Å². The number of benzene rings is 1. The molecule has 2 aromatic heterocycles. The van der Waals surface area contributed by atoms with Crippen molar-refractivity contribution in [1.82, 2.24) is 9.97 Å². The number of fused-ring (bicyclic) bond motifs is 1. The van der Waals surface area contributed by atoms with E-state index in [2.05, 4.69) is 14.7 Å². The van der Waals surface area contributed by atoms with E-state index in [0.717, 1.165) is 0 Å². The van der Waals surface area contributed by atoms with Crippen LogP contribution >= 0.6 is 11.6 Å². The second kappa shape index (κ2) is 5.33. The van der Waals surface area contributed by atoms with Crippen LogP contribution in [-0.2, 0) is 10.0 Å². The Morgan fingerprint density at radius 2 is 2.00 bits per heavy atom. The summed E-state index contributed by atoms with van der Waals surface area (Å²) in [4.78, 5) is 6.88. The molecule has 0 aliphatic carbocycles. The van der Waals surface area contributed by atoms with Gasteiger partial charge in [0.2, 0.25) is 0 Å². The maximum Gasteiger partial charge on any atom is 0.264 e.